The molecule has 1 N–H and O–H groups in total. The van der Waals surface area contributed by atoms with Gasteiger partial charge in [0.05, 0.1) is 19.2 Å². The number of amides is 2. The molecular weight excluding hydrogens is 318 g/mol. The van der Waals surface area contributed by atoms with Crippen LogP contribution in [0.2, 0.25) is 0 Å². The van der Waals surface area contributed by atoms with Gasteiger partial charge in [-0.05, 0) is 19.9 Å². The maximum Gasteiger partial charge on any atom is 0.256 e. The lowest BCUT2D eigenvalue weighted by molar-refractivity contribution is -0.131. The molecule has 0 unspecified atom stereocenters. The molecule has 6 nitrogen and oxygen atoms in total. The zero-order chi connectivity index (χ0) is 18.4. The second-order valence-corrected chi connectivity index (χ2v) is 5.71. The molecule has 0 aliphatic heterocycles. The number of nitrogens with zero attached hydrogens (tertiary/aromatic N) is 2. The zero-order valence-electron chi connectivity index (χ0n) is 15.2. The summed E-state index contributed by atoms with van der Waals surface area (Å²) in [6.45, 7) is 5.17. The molecule has 2 aromatic rings. The first kappa shape index (κ1) is 18.6. The highest BCUT2D eigenvalue weighted by atomic mass is 16.5. The Morgan fingerprint density at radius 3 is 2.40 bits per heavy atom. The van der Waals surface area contributed by atoms with Crippen LogP contribution in [0.3, 0.4) is 0 Å². The third-order valence-electron chi connectivity index (χ3n) is 4.21. The number of benzene rings is 1. The lowest BCUT2D eigenvalue weighted by Crippen LogP contribution is -2.41. The van der Waals surface area contributed by atoms with E-state index in [1.54, 1.807) is 31.5 Å². The van der Waals surface area contributed by atoms with Crippen molar-refractivity contribution in [1.82, 2.24) is 14.8 Å². The minimum absolute atomic E-state index is 0.0526. The number of nitrogens with one attached hydrogen (secondary N) is 1. The van der Waals surface area contributed by atoms with Crippen molar-refractivity contribution in [2.45, 2.75) is 13.8 Å². The zero-order valence-corrected chi connectivity index (χ0v) is 15.2. The largest absolute Gasteiger partial charge is 0.496 e. The number of carbonyl (C=O) groups is 2. The van der Waals surface area contributed by atoms with E-state index in [2.05, 4.69) is 4.98 Å². The number of carbonyl (C=O) groups excluding carboxylic acids is 2. The summed E-state index contributed by atoms with van der Waals surface area (Å²) in [7, 11) is 3.24. The van der Waals surface area contributed by atoms with E-state index in [4.69, 9.17) is 4.74 Å². The highest BCUT2D eigenvalue weighted by molar-refractivity contribution is 6.02. The van der Waals surface area contributed by atoms with E-state index >= 15 is 0 Å². The van der Waals surface area contributed by atoms with Crippen molar-refractivity contribution >= 4 is 11.8 Å². The highest BCUT2D eigenvalue weighted by Crippen LogP contribution is 2.32. The van der Waals surface area contributed by atoms with Gasteiger partial charge in [-0.1, -0.05) is 18.2 Å². The fraction of sp³-hybridized carbons (Fsp3) is 0.368. The van der Waals surface area contributed by atoms with E-state index in [0.29, 0.717) is 24.4 Å². The van der Waals surface area contributed by atoms with Gasteiger partial charge in [-0.15, -0.1) is 0 Å². The second-order valence-electron chi connectivity index (χ2n) is 5.71. The first-order valence-corrected chi connectivity index (χ1v) is 8.36. The molecule has 0 saturated heterocycles. The first-order valence-electron chi connectivity index (χ1n) is 8.36. The Labute approximate surface area is 148 Å². The van der Waals surface area contributed by atoms with Crippen molar-refractivity contribution in [2.75, 3.05) is 33.8 Å². The van der Waals surface area contributed by atoms with Gasteiger partial charge in [0, 0.05) is 43.7 Å². The Morgan fingerprint density at radius 1 is 1.08 bits per heavy atom. The van der Waals surface area contributed by atoms with Crippen molar-refractivity contribution in [1.29, 1.82) is 0 Å². The minimum Gasteiger partial charge on any atom is -0.496 e. The molecule has 134 valence electrons. The van der Waals surface area contributed by atoms with Crippen LogP contribution in [0.1, 0.15) is 24.2 Å². The van der Waals surface area contributed by atoms with Crippen LogP contribution in [-0.4, -0.2) is 60.4 Å². The number of aromatic amines is 1. The Balaban J connectivity index is 2.24. The topological polar surface area (TPSA) is 65.6 Å². The third-order valence-corrected chi connectivity index (χ3v) is 4.21. The number of aromatic nitrogens is 1. The van der Waals surface area contributed by atoms with Crippen molar-refractivity contribution in [3.05, 3.63) is 42.2 Å². The van der Waals surface area contributed by atoms with Crippen molar-refractivity contribution < 1.29 is 14.3 Å². The van der Waals surface area contributed by atoms with Crippen molar-refractivity contribution in [3.8, 4) is 16.9 Å². The fourth-order valence-electron chi connectivity index (χ4n) is 2.79. The molecule has 0 radical (unpaired) electrons. The number of ether oxygens (including phenoxy) is 1. The highest BCUT2D eigenvalue weighted by Gasteiger charge is 2.22. The molecule has 0 aliphatic carbocycles. The maximum absolute atomic E-state index is 12.8. The van der Waals surface area contributed by atoms with Gasteiger partial charge in [-0.2, -0.15) is 0 Å². The quantitative estimate of drug-likeness (QED) is 0.840. The summed E-state index contributed by atoms with van der Waals surface area (Å²) in [6, 6.07) is 7.53. The van der Waals surface area contributed by atoms with Crippen LogP contribution >= 0.6 is 0 Å². The van der Waals surface area contributed by atoms with Gasteiger partial charge in [-0.25, -0.2) is 0 Å². The summed E-state index contributed by atoms with van der Waals surface area (Å²) in [5.41, 5.74) is 2.10. The first-order chi connectivity index (χ1) is 12.0. The monoisotopic (exact) mass is 343 g/mol. The molecule has 1 heterocycles. The number of hydrogen-bond acceptors (Lipinski definition) is 3. The van der Waals surface area contributed by atoms with E-state index in [-0.39, 0.29) is 18.4 Å². The molecule has 0 atom stereocenters. The van der Waals surface area contributed by atoms with Gasteiger partial charge in [0.25, 0.3) is 5.91 Å². The van der Waals surface area contributed by atoms with Crippen LogP contribution in [0.5, 0.6) is 5.75 Å². The Hall–Kier alpha value is -2.76. The molecule has 0 saturated carbocycles. The summed E-state index contributed by atoms with van der Waals surface area (Å²) >= 11 is 0. The third kappa shape index (κ3) is 4.02. The molecular formula is C19H25N3O3. The SMILES string of the molecule is CCN(CC)C(=O)CN(C)C(=O)c1c[nH]cc1-c1ccccc1OC. The van der Waals surface area contributed by atoms with Gasteiger partial charge in [0.15, 0.2) is 0 Å². The van der Waals surface area contributed by atoms with Gasteiger partial charge in [0.1, 0.15) is 5.75 Å². The fourth-order valence-corrected chi connectivity index (χ4v) is 2.79. The normalized spacial score (nSPS) is 10.4. The number of hydrogen-bond donors (Lipinski definition) is 1. The standard InChI is InChI=1S/C19H25N3O3/c1-5-22(6-2)18(23)13-21(3)19(24)16-12-20-11-15(16)14-9-7-8-10-17(14)25-4/h7-12,20H,5-6,13H2,1-4H3. The van der Waals surface area contributed by atoms with Crippen LogP contribution in [0.15, 0.2) is 36.7 Å². The molecule has 0 aliphatic rings. The summed E-state index contributed by atoms with van der Waals surface area (Å²) in [5.74, 6) is 0.427. The van der Waals surface area contributed by atoms with Crippen LogP contribution in [0.25, 0.3) is 11.1 Å². The van der Waals surface area contributed by atoms with E-state index in [1.807, 2.05) is 38.1 Å². The van der Waals surface area contributed by atoms with Crippen LogP contribution in [0, 0.1) is 0 Å². The molecule has 1 aromatic heterocycles. The molecule has 25 heavy (non-hydrogen) atoms. The van der Waals surface area contributed by atoms with Crippen LogP contribution in [-0.2, 0) is 4.79 Å². The lowest BCUT2D eigenvalue weighted by atomic mass is 10.0. The summed E-state index contributed by atoms with van der Waals surface area (Å²) in [4.78, 5) is 31.2. The summed E-state index contributed by atoms with van der Waals surface area (Å²) < 4.78 is 5.39. The molecule has 6 heteroatoms. The number of rotatable bonds is 7. The van der Waals surface area contributed by atoms with E-state index in [1.165, 1.54) is 4.90 Å². The average Bonchev–Trinajstić information content (AvgIpc) is 3.11. The molecule has 1 aromatic carbocycles. The predicted molar refractivity (Wildman–Crippen MR) is 97.7 cm³/mol. The molecule has 2 rings (SSSR count). The average molecular weight is 343 g/mol. The van der Waals surface area contributed by atoms with Gasteiger partial charge >= 0.3 is 0 Å². The van der Waals surface area contributed by atoms with Crippen molar-refractivity contribution in [2.24, 2.45) is 0 Å². The molecule has 0 bridgehead atoms. The number of methoxy groups -OCH3 is 1. The number of H-pyrrole nitrogens is 1. The molecule has 2 amide bonds. The smallest absolute Gasteiger partial charge is 0.256 e. The predicted octanol–water partition coefficient (Wildman–Crippen LogP) is 2.63. The van der Waals surface area contributed by atoms with Gasteiger partial charge in [0.2, 0.25) is 5.91 Å². The Bertz CT molecular complexity index is 735. The van der Waals surface area contributed by atoms with Gasteiger partial charge in [-0.3, -0.25) is 9.59 Å². The molecule has 0 spiro atoms. The second kappa shape index (κ2) is 8.37. The number of likely N-dealkylation sites (N-methyl/N-ethyl adjacent to an activating group) is 2. The molecule has 0 fully saturated rings. The van der Waals surface area contributed by atoms with Crippen LogP contribution < -0.4 is 4.74 Å². The van der Waals surface area contributed by atoms with E-state index < -0.39 is 0 Å². The lowest BCUT2D eigenvalue weighted by Gasteiger charge is -2.23. The summed E-state index contributed by atoms with van der Waals surface area (Å²) in [6.07, 6.45) is 3.42. The summed E-state index contributed by atoms with van der Waals surface area (Å²) in [5, 5.41) is 0. The van der Waals surface area contributed by atoms with Crippen molar-refractivity contribution in [3.63, 3.8) is 0 Å². The van der Waals surface area contributed by atoms with E-state index in [9.17, 15) is 9.59 Å². The number of para-hydroxylation sites is 1. The van der Waals surface area contributed by atoms with Gasteiger partial charge < -0.3 is 19.5 Å². The van der Waals surface area contributed by atoms with E-state index in [0.717, 1.165) is 11.1 Å². The maximum atomic E-state index is 12.8. The van der Waals surface area contributed by atoms with Crippen LogP contribution in [0.4, 0.5) is 0 Å². The Morgan fingerprint density at radius 2 is 1.76 bits per heavy atom. The minimum atomic E-state index is -0.206. The Kier molecular flexibility index (Phi) is 6.22.